The monoisotopic (exact) mass is 446 g/mol. The largest absolute Gasteiger partial charge is 0.298 e. The van der Waals surface area contributed by atoms with Crippen molar-refractivity contribution >= 4 is 0 Å². The summed E-state index contributed by atoms with van der Waals surface area (Å²) in [5.74, 6) is 0. The predicted molar refractivity (Wildman–Crippen MR) is 135 cm³/mol. The van der Waals surface area contributed by atoms with Gasteiger partial charge in [0.2, 0.25) is 0 Å². The van der Waals surface area contributed by atoms with Gasteiger partial charge in [-0.25, -0.2) is 0 Å². The van der Waals surface area contributed by atoms with Gasteiger partial charge in [-0.05, 0) is 93.4 Å². The van der Waals surface area contributed by atoms with E-state index in [0.29, 0.717) is 12.8 Å². The highest BCUT2D eigenvalue weighted by molar-refractivity contribution is 5.12. The van der Waals surface area contributed by atoms with E-state index in [1.165, 1.54) is 0 Å². The van der Waals surface area contributed by atoms with E-state index >= 15 is 0 Å². The van der Waals surface area contributed by atoms with Gasteiger partial charge in [0.05, 0.1) is 12.1 Å². The first-order valence-electron chi connectivity index (χ1n) is 12.5. The third-order valence-corrected chi connectivity index (χ3v) is 6.21. The molecule has 6 nitrogen and oxygen atoms in total. The molecule has 0 aliphatic rings. The summed E-state index contributed by atoms with van der Waals surface area (Å²) in [4.78, 5) is 4.89. The number of hydrogen-bond acceptors (Lipinski definition) is 6. The molecule has 0 amide bonds. The molecule has 0 saturated heterocycles. The van der Waals surface area contributed by atoms with Crippen LogP contribution in [0.5, 0.6) is 0 Å². The zero-order valence-corrected chi connectivity index (χ0v) is 22.8. The molecule has 2 atom stereocenters. The molecule has 2 unspecified atom stereocenters. The molecule has 0 saturated carbocycles. The zero-order valence-electron chi connectivity index (χ0n) is 22.8. The number of rotatable bonds is 16. The Kier molecular flexibility index (Phi) is 12.6. The number of hydrogen-bond donors (Lipinski definition) is 0. The first kappa shape index (κ1) is 30.5. The molecule has 0 bridgehead atoms. The highest BCUT2D eigenvalue weighted by Crippen LogP contribution is 2.33. The molecule has 0 aromatic carbocycles. The van der Waals surface area contributed by atoms with Crippen molar-refractivity contribution in [1.82, 2.24) is 9.80 Å². The lowest BCUT2D eigenvalue weighted by Crippen LogP contribution is -2.49. The second-order valence-electron chi connectivity index (χ2n) is 10.9. The Labute approximate surface area is 199 Å². The van der Waals surface area contributed by atoms with Crippen LogP contribution in [0.1, 0.15) is 108 Å². The van der Waals surface area contributed by atoms with Gasteiger partial charge in [-0.1, -0.05) is 27.7 Å². The van der Waals surface area contributed by atoms with Gasteiger partial charge in [-0.3, -0.25) is 9.80 Å². The van der Waals surface area contributed by atoms with E-state index in [1.807, 2.05) is 13.8 Å². The van der Waals surface area contributed by atoms with Gasteiger partial charge in [0.25, 0.3) is 0 Å². The highest BCUT2D eigenvalue weighted by Gasteiger charge is 2.39. The molecule has 0 spiro atoms. The van der Waals surface area contributed by atoms with Crippen LogP contribution in [0.15, 0.2) is 10.2 Å². The summed E-state index contributed by atoms with van der Waals surface area (Å²) >= 11 is 0. The van der Waals surface area contributed by atoms with Gasteiger partial charge in [-0.15, -0.1) is 0 Å². The van der Waals surface area contributed by atoms with E-state index in [1.54, 1.807) is 0 Å². The summed E-state index contributed by atoms with van der Waals surface area (Å²) in [6.45, 7) is 25.1. The van der Waals surface area contributed by atoms with Crippen molar-refractivity contribution in [3.63, 3.8) is 0 Å². The van der Waals surface area contributed by atoms with Gasteiger partial charge in [-0.2, -0.15) is 20.8 Å². The molecule has 0 aliphatic heterocycles. The van der Waals surface area contributed by atoms with Crippen molar-refractivity contribution in [2.75, 3.05) is 26.2 Å². The predicted octanol–water partition coefficient (Wildman–Crippen LogP) is 6.58. The Morgan fingerprint density at radius 3 is 1.00 bits per heavy atom. The fraction of sp³-hybridized carbons (Fsp3) is 0.923. The quantitative estimate of drug-likeness (QED) is 0.251. The summed E-state index contributed by atoms with van der Waals surface area (Å²) in [7, 11) is 0. The van der Waals surface area contributed by atoms with E-state index < -0.39 is 11.1 Å². The minimum atomic E-state index is -0.974. The lowest BCUT2D eigenvalue weighted by molar-refractivity contribution is 0.0908. The fourth-order valence-electron chi connectivity index (χ4n) is 4.84. The Bertz CT molecular complexity index is 588. The molecule has 184 valence electrons. The molecule has 0 fully saturated rings. The maximum atomic E-state index is 10.0. The molecule has 0 aromatic rings. The molecular weight excluding hydrogens is 396 g/mol. The number of azo groups is 1. The lowest BCUT2D eigenvalue weighted by atomic mass is 9.84. The van der Waals surface area contributed by atoms with Crippen molar-refractivity contribution in [3.05, 3.63) is 0 Å². The molecule has 32 heavy (non-hydrogen) atoms. The van der Waals surface area contributed by atoms with Crippen molar-refractivity contribution < 1.29 is 0 Å². The molecular formula is C26H50N6. The van der Waals surface area contributed by atoms with E-state index in [-0.39, 0.29) is 11.1 Å². The van der Waals surface area contributed by atoms with Gasteiger partial charge in [0, 0.05) is 23.9 Å². The smallest absolute Gasteiger partial charge is 0.166 e. The average Bonchev–Trinajstić information content (AvgIpc) is 2.71. The first-order chi connectivity index (χ1) is 14.8. The number of nitriles is 2. The van der Waals surface area contributed by atoms with Crippen LogP contribution in [-0.4, -0.2) is 58.1 Å². The van der Waals surface area contributed by atoms with E-state index in [9.17, 15) is 10.5 Å². The molecule has 0 heterocycles. The topological polar surface area (TPSA) is 78.8 Å². The van der Waals surface area contributed by atoms with Crippen LogP contribution in [0.25, 0.3) is 0 Å². The van der Waals surface area contributed by atoms with Crippen LogP contribution in [0, 0.1) is 22.7 Å². The maximum absolute atomic E-state index is 10.0. The lowest BCUT2D eigenvalue weighted by Gasteiger charge is -2.42. The highest BCUT2D eigenvalue weighted by atomic mass is 15.2. The van der Waals surface area contributed by atoms with Crippen LogP contribution in [-0.2, 0) is 0 Å². The Morgan fingerprint density at radius 2 is 0.812 bits per heavy atom. The van der Waals surface area contributed by atoms with Crippen molar-refractivity contribution in [3.8, 4) is 12.1 Å². The first-order valence-corrected chi connectivity index (χ1v) is 12.5. The fourth-order valence-corrected chi connectivity index (χ4v) is 4.84. The Morgan fingerprint density at radius 1 is 0.562 bits per heavy atom. The van der Waals surface area contributed by atoms with Crippen LogP contribution in [0.4, 0.5) is 0 Å². The number of nitrogens with zero attached hydrogens (tertiary/aromatic N) is 6. The second kappa shape index (κ2) is 13.3. The van der Waals surface area contributed by atoms with Gasteiger partial charge in [0.1, 0.15) is 0 Å². The second-order valence-corrected chi connectivity index (χ2v) is 10.9. The standard InChI is InChI=1S/C26H50N6/c1-11-15-31(16-12-2)23(5,6)19-25(9,21-27)29-30-26(10,22-28)20-24(7,8)32(17-13-3)18-14-4/h11-20H2,1-10H3. The molecule has 0 aliphatic carbocycles. The summed E-state index contributed by atoms with van der Waals surface area (Å²) in [5, 5.41) is 29.1. The third kappa shape index (κ3) is 9.55. The SMILES string of the molecule is CCCN(CCC)C(C)(C)CC(C)(C#N)N=NC(C)(C#N)CC(C)(C)N(CCC)CCC. The molecule has 0 aromatic heterocycles. The van der Waals surface area contributed by atoms with Gasteiger partial charge >= 0.3 is 0 Å². The van der Waals surface area contributed by atoms with Crippen LogP contribution in [0.3, 0.4) is 0 Å². The summed E-state index contributed by atoms with van der Waals surface area (Å²) in [6, 6.07) is 4.78. The zero-order chi connectivity index (χ0) is 25.1. The normalized spacial score (nSPS) is 16.7. The van der Waals surface area contributed by atoms with Crippen LogP contribution < -0.4 is 0 Å². The van der Waals surface area contributed by atoms with Crippen LogP contribution in [0.2, 0.25) is 0 Å². The molecule has 0 N–H and O–H groups in total. The van der Waals surface area contributed by atoms with Crippen molar-refractivity contribution in [1.29, 1.82) is 10.5 Å². The maximum Gasteiger partial charge on any atom is 0.166 e. The Balaban J connectivity index is 5.75. The summed E-state index contributed by atoms with van der Waals surface area (Å²) in [6.07, 6.45) is 5.43. The van der Waals surface area contributed by atoms with Gasteiger partial charge < -0.3 is 0 Å². The van der Waals surface area contributed by atoms with Gasteiger partial charge in [0.15, 0.2) is 11.1 Å². The average molecular weight is 447 g/mol. The van der Waals surface area contributed by atoms with Crippen LogP contribution >= 0.6 is 0 Å². The molecule has 0 radical (unpaired) electrons. The van der Waals surface area contributed by atoms with E-state index in [0.717, 1.165) is 51.9 Å². The molecule has 0 rings (SSSR count). The third-order valence-electron chi connectivity index (χ3n) is 6.21. The Hall–Kier alpha value is -1.50. The summed E-state index contributed by atoms with van der Waals surface area (Å²) < 4.78 is 0. The summed E-state index contributed by atoms with van der Waals surface area (Å²) in [5.41, 5.74) is -2.32. The molecule has 6 heteroatoms. The minimum Gasteiger partial charge on any atom is -0.298 e. The van der Waals surface area contributed by atoms with Crippen molar-refractivity contribution in [2.24, 2.45) is 10.2 Å². The van der Waals surface area contributed by atoms with E-state index in [2.05, 4.69) is 87.6 Å². The minimum absolute atomic E-state index is 0.184. The van der Waals surface area contributed by atoms with E-state index in [4.69, 9.17) is 0 Å². The van der Waals surface area contributed by atoms with Crippen molar-refractivity contribution in [2.45, 2.75) is 130 Å².